The first-order valence-electron chi connectivity index (χ1n) is 11.5. The summed E-state index contributed by atoms with van der Waals surface area (Å²) >= 11 is 6.90. The molecule has 1 aromatic heterocycles. The molecule has 4 atom stereocenters. The van der Waals surface area contributed by atoms with E-state index in [4.69, 9.17) is 25.6 Å². The van der Waals surface area contributed by atoms with Crippen LogP contribution >= 0.6 is 11.6 Å². The van der Waals surface area contributed by atoms with Crippen LogP contribution in [0.1, 0.15) is 19.4 Å². The zero-order valence-electron chi connectivity index (χ0n) is 19.4. The van der Waals surface area contributed by atoms with Gasteiger partial charge in [0.15, 0.2) is 16.8 Å². The Morgan fingerprint density at radius 1 is 1.22 bits per heavy atom. The van der Waals surface area contributed by atoms with E-state index < -0.39 is 47.5 Å². The van der Waals surface area contributed by atoms with Crippen LogP contribution in [-0.2, 0) is 25.5 Å². The summed E-state index contributed by atoms with van der Waals surface area (Å²) in [7, 11) is 0. The topological polar surface area (TPSA) is 143 Å². The van der Waals surface area contributed by atoms with Gasteiger partial charge in [-0.05, 0) is 31.9 Å². The van der Waals surface area contributed by atoms with Crippen molar-refractivity contribution >= 4 is 58.0 Å². The second-order valence-corrected chi connectivity index (χ2v) is 9.84. The number of nitrogens with one attached hydrogen (secondary N) is 2. The van der Waals surface area contributed by atoms with Gasteiger partial charge >= 0.3 is 12.1 Å². The smallest absolute Gasteiger partial charge is 0.416 e. The van der Waals surface area contributed by atoms with E-state index in [-0.39, 0.29) is 35.6 Å². The van der Waals surface area contributed by atoms with Crippen molar-refractivity contribution in [2.45, 2.75) is 44.6 Å². The summed E-state index contributed by atoms with van der Waals surface area (Å²) in [4.78, 5) is 54.3. The van der Waals surface area contributed by atoms with Crippen LogP contribution in [0.5, 0.6) is 0 Å². The molecule has 13 heteroatoms. The van der Waals surface area contributed by atoms with Gasteiger partial charge in [0.25, 0.3) is 0 Å². The molecule has 0 radical (unpaired) electrons. The van der Waals surface area contributed by atoms with Gasteiger partial charge in [0, 0.05) is 6.54 Å². The molecule has 188 valence electrons. The largest absolute Gasteiger partial charge is 0.447 e. The zero-order chi connectivity index (χ0) is 25.5. The highest BCUT2D eigenvalue weighted by atomic mass is 35.5. The first-order valence-corrected chi connectivity index (χ1v) is 11.8. The third-order valence-electron chi connectivity index (χ3n) is 7.35. The number of fused-ring (bicyclic) bond motifs is 5. The molecule has 1 spiro atoms. The van der Waals surface area contributed by atoms with Crippen LogP contribution in [0.15, 0.2) is 23.2 Å². The molecule has 6 rings (SSSR count). The number of hydrogen-bond donors (Lipinski definition) is 2. The van der Waals surface area contributed by atoms with Crippen molar-refractivity contribution in [1.82, 2.24) is 15.8 Å². The number of imide groups is 2. The van der Waals surface area contributed by atoms with Gasteiger partial charge in [0.2, 0.25) is 11.8 Å². The monoisotopic (exact) mass is 515 g/mol. The number of ether oxygens (including phenoxy) is 2. The highest BCUT2D eigenvalue weighted by Gasteiger charge is 2.63. The summed E-state index contributed by atoms with van der Waals surface area (Å²) in [5.74, 6) is -1.23. The van der Waals surface area contributed by atoms with Crippen molar-refractivity contribution in [3.05, 3.63) is 29.3 Å². The molecule has 4 aliphatic rings. The number of hydrogen-bond acceptors (Lipinski definition) is 9. The molecular weight excluding hydrogens is 494 g/mol. The fourth-order valence-electron chi connectivity index (χ4n) is 5.96. The lowest BCUT2D eigenvalue weighted by molar-refractivity contribution is -0.153. The first kappa shape index (κ1) is 22.8. The van der Waals surface area contributed by atoms with Crippen molar-refractivity contribution in [2.75, 3.05) is 23.0 Å². The molecule has 12 nitrogen and oxygen atoms in total. The number of urea groups is 1. The lowest BCUT2D eigenvalue weighted by atomic mass is 9.66. The molecule has 0 unspecified atom stereocenters. The maximum absolute atomic E-state index is 13.4. The quantitative estimate of drug-likeness (QED) is 0.452. The molecule has 2 N–H and O–H groups in total. The predicted molar refractivity (Wildman–Crippen MR) is 126 cm³/mol. The van der Waals surface area contributed by atoms with E-state index in [1.54, 1.807) is 19.1 Å². The van der Waals surface area contributed by atoms with E-state index in [1.807, 2.05) is 11.8 Å². The Labute approximate surface area is 209 Å². The van der Waals surface area contributed by atoms with E-state index in [0.29, 0.717) is 23.2 Å². The van der Waals surface area contributed by atoms with Gasteiger partial charge in [0.1, 0.15) is 11.6 Å². The maximum atomic E-state index is 13.4. The number of aromatic nitrogens is 1. The molecule has 3 fully saturated rings. The van der Waals surface area contributed by atoms with Crippen molar-refractivity contribution < 1.29 is 33.2 Å². The third-order valence-corrected chi connectivity index (χ3v) is 7.70. The van der Waals surface area contributed by atoms with E-state index in [1.165, 1.54) is 4.90 Å². The molecule has 4 aliphatic heterocycles. The van der Waals surface area contributed by atoms with E-state index in [2.05, 4.69) is 22.4 Å². The van der Waals surface area contributed by atoms with Crippen LogP contribution < -0.4 is 20.4 Å². The molecular formula is C23H22ClN5O7. The molecule has 0 bridgehead atoms. The highest BCUT2D eigenvalue weighted by Crippen LogP contribution is 2.51. The summed E-state index contributed by atoms with van der Waals surface area (Å²) in [5.41, 5.74) is -0.254. The van der Waals surface area contributed by atoms with Crippen molar-refractivity contribution in [2.24, 2.45) is 5.41 Å². The number of rotatable bonds is 2. The minimum absolute atomic E-state index is 0.0634. The van der Waals surface area contributed by atoms with Gasteiger partial charge in [-0.2, -0.15) is 0 Å². The van der Waals surface area contributed by atoms with Crippen molar-refractivity contribution in [3.8, 4) is 0 Å². The average Bonchev–Trinajstić information content (AvgIpc) is 3.39. The Morgan fingerprint density at radius 2 is 1.94 bits per heavy atom. The molecule has 2 aromatic rings. The summed E-state index contributed by atoms with van der Waals surface area (Å²) in [5, 5.41) is 9.26. The van der Waals surface area contributed by atoms with Gasteiger partial charge in [-0.25, -0.2) is 14.5 Å². The van der Waals surface area contributed by atoms with E-state index in [9.17, 15) is 19.2 Å². The predicted octanol–water partition coefficient (Wildman–Crippen LogP) is 1.88. The molecule has 0 aliphatic carbocycles. The summed E-state index contributed by atoms with van der Waals surface area (Å²) < 4.78 is 16.8. The van der Waals surface area contributed by atoms with Gasteiger partial charge in [0.05, 0.1) is 35.4 Å². The van der Waals surface area contributed by atoms with Gasteiger partial charge in [-0.15, -0.1) is 6.58 Å². The molecule has 1 aromatic carbocycles. The normalized spacial score (nSPS) is 29.1. The summed E-state index contributed by atoms with van der Waals surface area (Å²) in [6.45, 7) is 7.86. The number of benzene rings is 1. The number of anilines is 2. The van der Waals surface area contributed by atoms with Crippen LogP contribution in [0.2, 0.25) is 5.02 Å². The lowest BCUT2D eigenvalue weighted by Gasteiger charge is -2.55. The van der Waals surface area contributed by atoms with Crippen LogP contribution in [-0.4, -0.2) is 66.5 Å². The van der Waals surface area contributed by atoms with Crippen LogP contribution in [0.25, 0.3) is 11.0 Å². The SMILES string of the molecule is C=C[C@H]1COC(=O)N1c1noc2c(Cl)c3c(cc12)CC1(C(=O)NC(=O)NC1=O)[C@H]1[C@H](C)O[C@H](C)CN31. The van der Waals surface area contributed by atoms with E-state index >= 15 is 0 Å². The molecule has 0 saturated carbocycles. The Kier molecular flexibility index (Phi) is 4.86. The number of cyclic esters (lactones) is 1. The fourth-order valence-corrected chi connectivity index (χ4v) is 6.33. The second-order valence-electron chi connectivity index (χ2n) is 9.47. The van der Waals surface area contributed by atoms with Crippen LogP contribution in [0.3, 0.4) is 0 Å². The van der Waals surface area contributed by atoms with Crippen LogP contribution in [0.4, 0.5) is 21.1 Å². The first-order chi connectivity index (χ1) is 17.2. The zero-order valence-corrected chi connectivity index (χ0v) is 20.1. The maximum Gasteiger partial charge on any atom is 0.416 e. The minimum atomic E-state index is -1.66. The van der Waals surface area contributed by atoms with E-state index in [0.717, 1.165) is 0 Å². The number of carbonyl (C=O) groups is 4. The van der Waals surface area contributed by atoms with Gasteiger partial charge < -0.3 is 18.9 Å². The number of carbonyl (C=O) groups excluding carboxylic acids is 4. The Hall–Kier alpha value is -3.64. The Morgan fingerprint density at radius 3 is 2.64 bits per heavy atom. The number of halogens is 1. The number of amides is 5. The lowest BCUT2D eigenvalue weighted by Crippen LogP contribution is -2.75. The van der Waals surface area contributed by atoms with Crippen molar-refractivity contribution in [3.63, 3.8) is 0 Å². The molecule has 5 amide bonds. The molecule has 3 saturated heterocycles. The summed E-state index contributed by atoms with van der Waals surface area (Å²) in [6.07, 6.45) is 0.110. The van der Waals surface area contributed by atoms with Gasteiger partial charge in [-0.1, -0.05) is 22.8 Å². The standard InChI is InChI=1S/C23H22ClN5O7/c1-4-12-8-34-22(33)29(12)18-13-5-11-6-23(19(30)25-21(32)26-20(23)31)17-10(3)35-9(2)7-28(17)15(11)14(24)16(13)36-27-18/h4-5,9-10,12,17H,1,6-8H2,2-3H3,(H2,25,26,30,31,32)/t9-,10+,12+,17-/m1/s1. The van der Waals surface area contributed by atoms with Crippen LogP contribution in [0, 0.1) is 5.41 Å². The fraction of sp³-hybridized carbons (Fsp3) is 0.435. The molecule has 5 heterocycles. The minimum Gasteiger partial charge on any atom is -0.447 e. The number of barbiturate groups is 1. The average molecular weight is 516 g/mol. The number of nitrogens with zero attached hydrogens (tertiary/aromatic N) is 3. The number of morpholine rings is 1. The highest BCUT2D eigenvalue weighted by molar-refractivity contribution is 6.38. The van der Waals surface area contributed by atoms with Crippen molar-refractivity contribution in [1.29, 1.82) is 0 Å². The van der Waals surface area contributed by atoms with Gasteiger partial charge in [-0.3, -0.25) is 20.2 Å². The Bertz CT molecular complexity index is 1350. The second kappa shape index (κ2) is 7.68. The molecule has 36 heavy (non-hydrogen) atoms. The Balaban J connectivity index is 1.58. The third kappa shape index (κ3) is 2.88. The summed E-state index contributed by atoms with van der Waals surface area (Å²) in [6, 6.07) is -0.361.